The van der Waals surface area contributed by atoms with E-state index in [0.29, 0.717) is 20.9 Å². The van der Waals surface area contributed by atoms with Crippen molar-refractivity contribution >= 4 is 38.4 Å². The molecule has 0 spiro atoms. The molecule has 28 heavy (non-hydrogen) atoms. The van der Waals surface area contributed by atoms with Crippen LogP contribution in [0.1, 0.15) is 16.1 Å². The van der Waals surface area contributed by atoms with Crippen LogP contribution in [0.5, 0.6) is 0 Å². The van der Waals surface area contributed by atoms with E-state index in [-0.39, 0.29) is 22.8 Å². The van der Waals surface area contributed by atoms with Gasteiger partial charge in [0.25, 0.3) is 11.6 Å². The Kier molecular flexibility index (Phi) is 4.29. The highest BCUT2D eigenvalue weighted by molar-refractivity contribution is 9.10. The molecule has 0 N–H and O–H groups in total. The van der Waals surface area contributed by atoms with Gasteiger partial charge in [-0.05, 0) is 30.3 Å². The number of nitrogens with zero attached hydrogens (tertiary/aromatic N) is 3. The van der Waals surface area contributed by atoms with Crippen molar-refractivity contribution in [2.45, 2.75) is 0 Å². The minimum absolute atomic E-state index is 0.0115. The lowest BCUT2D eigenvalue weighted by Gasteiger charge is -2.02. The maximum atomic E-state index is 12.9. The number of halogens is 1. The Balaban J connectivity index is 1.78. The minimum Gasteiger partial charge on any atom is -0.451 e. The molecule has 0 radical (unpaired) electrons. The Hall–Kier alpha value is -3.70. The van der Waals surface area contributed by atoms with Crippen LogP contribution in [0.15, 0.2) is 69.7 Å². The van der Waals surface area contributed by atoms with Gasteiger partial charge in [-0.2, -0.15) is 5.26 Å². The summed E-state index contributed by atoms with van der Waals surface area (Å²) >= 11 is 3.21. The fraction of sp³-hybridized carbons (Fsp3) is 0. The summed E-state index contributed by atoms with van der Waals surface area (Å²) in [6.45, 7) is 0. The van der Waals surface area contributed by atoms with Gasteiger partial charge in [-0.15, -0.1) is 0 Å². The number of hydrogen-bond acceptors (Lipinski definition) is 5. The van der Waals surface area contributed by atoms with E-state index in [0.717, 1.165) is 0 Å². The van der Waals surface area contributed by atoms with E-state index < -0.39 is 10.8 Å². The van der Waals surface area contributed by atoms with E-state index in [1.165, 1.54) is 29.0 Å². The number of nitro benzene ring substituents is 1. The maximum Gasteiger partial charge on any atom is 0.298 e. The van der Waals surface area contributed by atoms with Crippen LogP contribution in [0.4, 0.5) is 5.69 Å². The number of nitriles is 1. The number of carbonyl (C=O) groups excluding carboxylic acids is 1. The number of para-hydroxylation sites is 1. The van der Waals surface area contributed by atoms with Crippen LogP contribution in [-0.4, -0.2) is 15.4 Å². The first-order valence-corrected chi connectivity index (χ1v) is 8.88. The Morgan fingerprint density at radius 2 is 1.96 bits per heavy atom. The molecule has 2 heterocycles. The number of furan rings is 1. The number of aromatic nitrogens is 1. The van der Waals surface area contributed by atoms with Crippen molar-refractivity contribution < 1.29 is 14.1 Å². The molecule has 0 bridgehead atoms. The van der Waals surface area contributed by atoms with E-state index >= 15 is 0 Å². The first kappa shape index (κ1) is 17.7. The van der Waals surface area contributed by atoms with E-state index in [1.54, 1.807) is 36.4 Å². The van der Waals surface area contributed by atoms with E-state index in [2.05, 4.69) is 22.0 Å². The molecule has 136 valence electrons. The van der Waals surface area contributed by atoms with Crippen molar-refractivity contribution in [3.05, 3.63) is 86.7 Å². The van der Waals surface area contributed by atoms with E-state index in [1.807, 2.05) is 0 Å². The fourth-order valence-corrected chi connectivity index (χ4v) is 3.37. The maximum absolute atomic E-state index is 12.9. The lowest BCUT2D eigenvalue weighted by Crippen LogP contribution is -2.09. The SMILES string of the molecule is N#Cc1cn(C(=O)c2ccc(-c3ccc(Br)cc3[N+](=O)[O-])o2)c2ccccc12. The van der Waals surface area contributed by atoms with Gasteiger partial charge in [0.15, 0.2) is 5.76 Å². The third-order valence-electron chi connectivity index (χ3n) is 4.29. The molecular formula is C20H10BrN3O4. The molecule has 0 atom stereocenters. The molecule has 8 heteroatoms. The molecule has 2 aromatic carbocycles. The van der Waals surface area contributed by atoms with Gasteiger partial charge in [0.1, 0.15) is 11.8 Å². The second-order valence-electron chi connectivity index (χ2n) is 5.93. The second-order valence-corrected chi connectivity index (χ2v) is 6.85. The topological polar surface area (TPSA) is 102 Å². The average molecular weight is 436 g/mol. The highest BCUT2D eigenvalue weighted by atomic mass is 79.9. The summed E-state index contributed by atoms with van der Waals surface area (Å²) in [7, 11) is 0. The van der Waals surface area contributed by atoms with Crippen molar-refractivity contribution in [2.75, 3.05) is 0 Å². The fourth-order valence-electron chi connectivity index (χ4n) is 3.02. The van der Waals surface area contributed by atoms with Gasteiger partial charge in [0.05, 0.1) is 21.6 Å². The van der Waals surface area contributed by atoms with Crippen molar-refractivity contribution in [2.24, 2.45) is 0 Å². The van der Waals surface area contributed by atoms with Crippen LogP contribution >= 0.6 is 15.9 Å². The normalized spacial score (nSPS) is 10.7. The number of carbonyl (C=O) groups is 1. The monoisotopic (exact) mass is 435 g/mol. The number of rotatable bonds is 3. The van der Waals surface area contributed by atoms with Gasteiger partial charge in [0.2, 0.25) is 0 Å². The number of hydrogen-bond donors (Lipinski definition) is 0. The minimum atomic E-state index is -0.511. The number of benzene rings is 2. The number of fused-ring (bicyclic) bond motifs is 1. The summed E-state index contributed by atoms with van der Waals surface area (Å²) in [6, 6.07) is 16.7. The molecule has 0 saturated heterocycles. The first-order valence-electron chi connectivity index (χ1n) is 8.08. The molecule has 0 saturated carbocycles. The summed E-state index contributed by atoms with van der Waals surface area (Å²) in [6.07, 6.45) is 1.46. The summed E-state index contributed by atoms with van der Waals surface area (Å²) in [5.41, 5.74) is 1.08. The van der Waals surface area contributed by atoms with Gasteiger partial charge in [-0.3, -0.25) is 19.5 Å². The Morgan fingerprint density at radius 3 is 2.71 bits per heavy atom. The second kappa shape index (κ2) is 6.79. The number of nitro groups is 1. The highest BCUT2D eigenvalue weighted by Crippen LogP contribution is 2.34. The molecule has 7 nitrogen and oxygen atoms in total. The molecular weight excluding hydrogens is 426 g/mol. The lowest BCUT2D eigenvalue weighted by atomic mass is 10.1. The van der Waals surface area contributed by atoms with E-state index in [4.69, 9.17) is 4.42 Å². The molecule has 4 aromatic rings. The van der Waals surface area contributed by atoms with Crippen LogP contribution in [-0.2, 0) is 0 Å². The van der Waals surface area contributed by atoms with Crippen molar-refractivity contribution in [3.63, 3.8) is 0 Å². The summed E-state index contributed by atoms with van der Waals surface area (Å²) in [4.78, 5) is 23.7. The molecule has 0 fully saturated rings. The van der Waals surface area contributed by atoms with Gasteiger partial charge in [0, 0.05) is 22.1 Å². The molecule has 0 unspecified atom stereocenters. The van der Waals surface area contributed by atoms with Crippen molar-refractivity contribution in [3.8, 4) is 17.4 Å². The highest BCUT2D eigenvalue weighted by Gasteiger charge is 2.22. The smallest absolute Gasteiger partial charge is 0.298 e. The predicted molar refractivity (Wildman–Crippen MR) is 105 cm³/mol. The summed E-state index contributed by atoms with van der Waals surface area (Å²) in [5, 5.41) is 21.3. The van der Waals surface area contributed by atoms with Crippen LogP contribution in [0, 0.1) is 21.4 Å². The van der Waals surface area contributed by atoms with Gasteiger partial charge in [-0.25, -0.2) is 0 Å². The van der Waals surface area contributed by atoms with Gasteiger partial charge >= 0.3 is 0 Å². The zero-order valence-electron chi connectivity index (χ0n) is 14.1. The predicted octanol–water partition coefficient (Wildman–Crippen LogP) is 5.13. The van der Waals surface area contributed by atoms with Crippen LogP contribution in [0.2, 0.25) is 0 Å². The third-order valence-corrected chi connectivity index (χ3v) is 4.78. The molecule has 4 rings (SSSR count). The Bertz CT molecular complexity index is 1300. The zero-order valence-corrected chi connectivity index (χ0v) is 15.7. The summed E-state index contributed by atoms with van der Waals surface area (Å²) in [5.74, 6) is -0.249. The quantitative estimate of drug-likeness (QED) is 0.327. The average Bonchev–Trinajstić information content (AvgIpc) is 3.32. The van der Waals surface area contributed by atoms with Gasteiger partial charge in [-0.1, -0.05) is 34.1 Å². The zero-order chi connectivity index (χ0) is 19.8. The first-order chi connectivity index (χ1) is 13.5. The van der Waals surface area contributed by atoms with Crippen molar-refractivity contribution in [1.82, 2.24) is 4.57 Å². The molecule has 2 aromatic heterocycles. The van der Waals surface area contributed by atoms with Crippen LogP contribution in [0.3, 0.4) is 0 Å². The van der Waals surface area contributed by atoms with Crippen LogP contribution in [0.25, 0.3) is 22.2 Å². The molecule has 0 amide bonds. The Morgan fingerprint density at radius 1 is 1.18 bits per heavy atom. The van der Waals surface area contributed by atoms with Crippen molar-refractivity contribution in [1.29, 1.82) is 5.26 Å². The standard InChI is InChI=1S/C20H10BrN3O4/c21-13-5-6-15(17(9-13)24(26)27)18-7-8-19(28-18)20(25)23-11-12(10-22)14-3-1-2-4-16(14)23/h1-9,11H. The molecule has 0 aliphatic heterocycles. The molecule has 0 aliphatic carbocycles. The Labute approximate surface area is 166 Å². The summed E-state index contributed by atoms with van der Waals surface area (Å²) < 4.78 is 7.54. The molecule has 0 aliphatic rings. The van der Waals surface area contributed by atoms with E-state index in [9.17, 15) is 20.2 Å². The largest absolute Gasteiger partial charge is 0.451 e. The lowest BCUT2D eigenvalue weighted by molar-refractivity contribution is -0.384. The third kappa shape index (κ3) is 2.88. The van der Waals surface area contributed by atoms with Crippen LogP contribution < -0.4 is 0 Å². The van der Waals surface area contributed by atoms with Gasteiger partial charge < -0.3 is 4.42 Å².